The minimum absolute atomic E-state index is 0.194. The third-order valence-corrected chi connectivity index (χ3v) is 5.12. The molecule has 0 saturated heterocycles. The maximum Gasteiger partial charge on any atom is 0.119 e. The molecule has 0 aliphatic heterocycles. The van der Waals surface area contributed by atoms with Crippen molar-refractivity contribution < 1.29 is 4.74 Å². The van der Waals surface area contributed by atoms with Crippen LogP contribution < -0.4 is 4.74 Å². The highest BCUT2D eigenvalue weighted by atomic mass is 16.5. The van der Waals surface area contributed by atoms with Crippen LogP contribution in [0.15, 0.2) is 72.8 Å². The van der Waals surface area contributed by atoms with Crippen molar-refractivity contribution >= 4 is 0 Å². The lowest BCUT2D eigenvalue weighted by molar-refractivity contribution is 0.242. The van der Waals surface area contributed by atoms with Crippen molar-refractivity contribution in [1.82, 2.24) is 0 Å². The second kappa shape index (κ2) is 8.90. The Hall–Kier alpha value is -2.54. The van der Waals surface area contributed by atoms with Gasteiger partial charge in [0.2, 0.25) is 0 Å². The van der Waals surface area contributed by atoms with Gasteiger partial charge in [-0.3, -0.25) is 0 Å². The standard InChI is InChI=1S/C26H30O/c1-5-20(6-2)25-17-14-23(18-26(25)22-10-8-7-9-11-22)21-12-15-24(16-13-21)27-19(3)4/h7-20H,5-6H2,1-4H3. The molecule has 0 radical (unpaired) electrons. The Labute approximate surface area is 164 Å². The van der Waals surface area contributed by atoms with E-state index in [0.717, 1.165) is 18.6 Å². The quantitative estimate of drug-likeness (QED) is 0.420. The maximum absolute atomic E-state index is 5.78. The van der Waals surface area contributed by atoms with Gasteiger partial charge in [0.15, 0.2) is 0 Å². The lowest BCUT2D eigenvalue weighted by Gasteiger charge is -2.19. The van der Waals surface area contributed by atoms with Crippen LogP contribution in [0.5, 0.6) is 5.75 Å². The van der Waals surface area contributed by atoms with Gasteiger partial charge >= 0.3 is 0 Å². The highest BCUT2D eigenvalue weighted by molar-refractivity contribution is 5.76. The molecule has 0 atom stereocenters. The highest BCUT2D eigenvalue weighted by Gasteiger charge is 2.14. The van der Waals surface area contributed by atoms with E-state index in [9.17, 15) is 0 Å². The summed E-state index contributed by atoms with van der Waals surface area (Å²) >= 11 is 0. The minimum atomic E-state index is 0.194. The van der Waals surface area contributed by atoms with Crippen LogP contribution in [-0.4, -0.2) is 6.10 Å². The molecular weight excluding hydrogens is 328 g/mol. The first-order valence-electron chi connectivity index (χ1n) is 10.1. The zero-order valence-corrected chi connectivity index (χ0v) is 16.9. The number of hydrogen-bond donors (Lipinski definition) is 0. The van der Waals surface area contributed by atoms with Gasteiger partial charge in [-0.1, -0.05) is 68.4 Å². The van der Waals surface area contributed by atoms with Gasteiger partial charge in [-0.2, -0.15) is 0 Å². The van der Waals surface area contributed by atoms with Crippen LogP contribution in [0.1, 0.15) is 52.0 Å². The van der Waals surface area contributed by atoms with Crippen LogP contribution in [0.3, 0.4) is 0 Å². The van der Waals surface area contributed by atoms with E-state index in [1.54, 1.807) is 0 Å². The fourth-order valence-electron chi connectivity index (χ4n) is 3.69. The van der Waals surface area contributed by atoms with Crippen LogP contribution in [0.25, 0.3) is 22.3 Å². The molecule has 27 heavy (non-hydrogen) atoms. The topological polar surface area (TPSA) is 9.23 Å². The van der Waals surface area contributed by atoms with E-state index in [1.807, 2.05) is 0 Å². The molecule has 0 saturated carbocycles. The van der Waals surface area contributed by atoms with Crippen LogP contribution in [0.2, 0.25) is 0 Å². The molecule has 1 nitrogen and oxygen atoms in total. The summed E-state index contributed by atoms with van der Waals surface area (Å²) < 4.78 is 5.78. The van der Waals surface area contributed by atoms with Gasteiger partial charge in [0.1, 0.15) is 5.75 Å². The first-order chi connectivity index (χ1) is 13.1. The van der Waals surface area contributed by atoms with Crippen LogP contribution in [0.4, 0.5) is 0 Å². The molecule has 0 fully saturated rings. The Balaban J connectivity index is 2.03. The van der Waals surface area contributed by atoms with Gasteiger partial charge in [-0.05, 0) is 78.6 Å². The van der Waals surface area contributed by atoms with Gasteiger partial charge < -0.3 is 4.74 Å². The minimum Gasteiger partial charge on any atom is -0.491 e. The van der Waals surface area contributed by atoms with Gasteiger partial charge in [-0.15, -0.1) is 0 Å². The molecule has 3 aromatic carbocycles. The molecule has 1 heteroatoms. The molecule has 0 aliphatic carbocycles. The Morgan fingerprint density at radius 3 is 1.93 bits per heavy atom. The Morgan fingerprint density at radius 2 is 1.33 bits per heavy atom. The van der Waals surface area contributed by atoms with E-state index in [2.05, 4.69) is 100 Å². The molecule has 3 rings (SSSR count). The average Bonchev–Trinajstić information content (AvgIpc) is 2.70. The van der Waals surface area contributed by atoms with E-state index < -0.39 is 0 Å². The first kappa shape index (κ1) is 19.2. The van der Waals surface area contributed by atoms with Crippen molar-refractivity contribution in [3.63, 3.8) is 0 Å². The predicted octanol–water partition coefficient (Wildman–Crippen LogP) is 7.71. The van der Waals surface area contributed by atoms with E-state index in [1.165, 1.54) is 27.8 Å². The van der Waals surface area contributed by atoms with Gasteiger partial charge in [0.05, 0.1) is 6.10 Å². The third kappa shape index (κ3) is 4.60. The number of benzene rings is 3. The normalized spacial score (nSPS) is 11.2. The van der Waals surface area contributed by atoms with Crippen molar-refractivity contribution in [2.45, 2.75) is 52.6 Å². The zero-order chi connectivity index (χ0) is 19.2. The van der Waals surface area contributed by atoms with E-state index >= 15 is 0 Å². The maximum atomic E-state index is 5.78. The van der Waals surface area contributed by atoms with Crippen molar-refractivity contribution in [3.05, 3.63) is 78.4 Å². The van der Waals surface area contributed by atoms with E-state index in [0.29, 0.717) is 5.92 Å². The van der Waals surface area contributed by atoms with Crippen molar-refractivity contribution in [1.29, 1.82) is 0 Å². The summed E-state index contributed by atoms with van der Waals surface area (Å²) in [5.74, 6) is 1.52. The number of rotatable bonds is 7. The summed E-state index contributed by atoms with van der Waals surface area (Å²) in [6.07, 6.45) is 2.52. The fraction of sp³-hybridized carbons (Fsp3) is 0.308. The monoisotopic (exact) mass is 358 g/mol. The summed E-state index contributed by atoms with van der Waals surface area (Å²) in [4.78, 5) is 0. The molecule has 0 N–H and O–H groups in total. The number of hydrogen-bond acceptors (Lipinski definition) is 1. The van der Waals surface area contributed by atoms with Gasteiger partial charge in [-0.25, -0.2) is 0 Å². The predicted molar refractivity (Wildman–Crippen MR) is 116 cm³/mol. The summed E-state index contributed by atoms with van der Waals surface area (Å²) in [6, 6.07) is 26.1. The van der Waals surface area contributed by atoms with Gasteiger partial charge in [0, 0.05) is 0 Å². The van der Waals surface area contributed by atoms with E-state index in [4.69, 9.17) is 4.74 Å². The molecule has 0 spiro atoms. The lowest BCUT2D eigenvalue weighted by atomic mass is 9.85. The Kier molecular flexibility index (Phi) is 6.34. The van der Waals surface area contributed by atoms with Crippen molar-refractivity contribution in [2.24, 2.45) is 0 Å². The molecule has 3 aromatic rings. The van der Waals surface area contributed by atoms with E-state index in [-0.39, 0.29) is 6.10 Å². The summed E-state index contributed by atoms with van der Waals surface area (Å²) in [5, 5.41) is 0. The molecule has 0 bridgehead atoms. The second-order valence-corrected chi connectivity index (χ2v) is 7.37. The SMILES string of the molecule is CCC(CC)c1ccc(-c2ccc(OC(C)C)cc2)cc1-c1ccccc1. The number of ether oxygens (including phenoxy) is 1. The summed E-state index contributed by atoms with van der Waals surface area (Å²) in [7, 11) is 0. The average molecular weight is 359 g/mol. The van der Waals surface area contributed by atoms with Crippen LogP contribution in [-0.2, 0) is 0 Å². The lowest BCUT2D eigenvalue weighted by Crippen LogP contribution is -2.05. The fourth-order valence-corrected chi connectivity index (χ4v) is 3.69. The van der Waals surface area contributed by atoms with Crippen molar-refractivity contribution in [2.75, 3.05) is 0 Å². The molecule has 0 unspecified atom stereocenters. The zero-order valence-electron chi connectivity index (χ0n) is 16.9. The third-order valence-electron chi connectivity index (χ3n) is 5.12. The molecule has 0 aromatic heterocycles. The molecule has 0 heterocycles. The smallest absolute Gasteiger partial charge is 0.119 e. The largest absolute Gasteiger partial charge is 0.491 e. The highest BCUT2D eigenvalue weighted by Crippen LogP contribution is 2.36. The first-order valence-corrected chi connectivity index (χ1v) is 10.1. The Morgan fingerprint density at radius 1 is 0.704 bits per heavy atom. The van der Waals surface area contributed by atoms with Crippen LogP contribution >= 0.6 is 0 Å². The Bertz CT molecular complexity index is 843. The molecule has 0 aliphatic rings. The molecular formula is C26H30O. The van der Waals surface area contributed by atoms with Crippen molar-refractivity contribution in [3.8, 4) is 28.0 Å². The summed E-state index contributed by atoms with van der Waals surface area (Å²) in [6.45, 7) is 8.67. The molecule has 140 valence electrons. The van der Waals surface area contributed by atoms with Crippen LogP contribution in [0, 0.1) is 0 Å². The molecule has 0 amide bonds. The van der Waals surface area contributed by atoms with Gasteiger partial charge in [0.25, 0.3) is 0 Å². The second-order valence-electron chi connectivity index (χ2n) is 7.37. The summed E-state index contributed by atoms with van der Waals surface area (Å²) in [5.41, 5.74) is 6.57.